The molecule has 0 fully saturated rings. The number of nitrogens with two attached hydrogens (primary N) is 1. The summed E-state index contributed by atoms with van der Waals surface area (Å²) < 4.78 is 0. The fraction of sp³-hybridized carbons (Fsp3) is 0. The van der Waals surface area contributed by atoms with Crippen LogP contribution < -0.4 is 10.8 Å². The van der Waals surface area contributed by atoms with E-state index in [4.69, 9.17) is 5.73 Å². The summed E-state index contributed by atoms with van der Waals surface area (Å²) in [6.07, 6.45) is 5.22. The third kappa shape index (κ3) is 2.23. The van der Waals surface area contributed by atoms with E-state index >= 15 is 0 Å². The van der Waals surface area contributed by atoms with Crippen LogP contribution in [-0.4, -0.2) is 15.9 Å². The van der Waals surface area contributed by atoms with E-state index < -0.39 is 5.97 Å². The number of carboxylic acid groups (broad SMARTS) is 1. The van der Waals surface area contributed by atoms with Crippen LogP contribution in [0.3, 0.4) is 0 Å². The van der Waals surface area contributed by atoms with Crippen molar-refractivity contribution >= 4 is 33.3 Å². The lowest BCUT2D eigenvalue weighted by molar-refractivity contribution is -0.255. The molecule has 4 rings (SSSR count). The molecule has 0 unspecified atom stereocenters. The zero-order valence-corrected chi connectivity index (χ0v) is 12.6. The third-order valence-corrected chi connectivity index (χ3v) is 4.09. The van der Waals surface area contributed by atoms with Crippen LogP contribution in [0.25, 0.3) is 32.7 Å². The van der Waals surface area contributed by atoms with Crippen LogP contribution in [0.5, 0.6) is 0 Å². The van der Waals surface area contributed by atoms with Gasteiger partial charge >= 0.3 is 0 Å². The van der Waals surface area contributed by atoms with Crippen LogP contribution in [0.1, 0.15) is 10.4 Å². The highest BCUT2D eigenvalue weighted by Gasteiger charge is 2.10. The average molecular weight is 314 g/mol. The van der Waals surface area contributed by atoms with Crippen LogP contribution in [0.4, 0.5) is 5.82 Å². The van der Waals surface area contributed by atoms with Gasteiger partial charge in [-0.2, -0.15) is 0 Å². The SMILES string of the molecule is Nc1ccc(-c2cc3cc(C(=O)[O-])ccc3c3cnccc23)cn1. The highest BCUT2D eigenvalue weighted by Crippen LogP contribution is 2.34. The Labute approximate surface area is 137 Å². The summed E-state index contributed by atoms with van der Waals surface area (Å²) in [6, 6.07) is 12.5. The second-order valence-corrected chi connectivity index (χ2v) is 5.54. The molecule has 2 aromatic heterocycles. The molecule has 0 aliphatic carbocycles. The number of aromatic carboxylic acids is 1. The van der Waals surface area contributed by atoms with Crippen LogP contribution in [-0.2, 0) is 0 Å². The molecule has 5 heteroatoms. The second kappa shape index (κ2) is 5.31. The van der Waals surface area contributed by atoms with E-state index in [9.17, 15) is 9.90 Å². The van der Waals surface area contributed by atoms with Gasteiger partial charge in [-0.25, -0.2) is 4.98 Å². The number of anilines is 1. The Morgan fingerprint density at radius 1 is 0.958 bits per heavy atom. The zero-order chi connectivity index (χ0) is 16.7. The van der Waals surface area contributed by atoms with Crippen molar-refractivity contribution < 1.29 is 9.90 Å². The monoisotopic (exact) mass is 314 g/mol. The van der Waals surface area contributed by atoms with Crippen molar-refractivity contribution in [2.45, 2.75) is 0 Å². The number of nitrogens with zero attached hydrogens (tertiary/aromatic N) is 2. The Kier molecular flexibility index (Phi) is 3.13. The number of nitrogen functional groups attached to an aromatic ring is 1. The van der Waals surface area contributed by atoms with E-state index in [1.54, 1.807) is 42.9 Å². The van der Waals surface area contributed by atoms with Gasteiger partial charge < -0.3 is 15.6 Å². The van der Waals surface area contributed by atoms with Gasteiger partial charge in [0.15, 0.2) is 0 Å². The number of hydrogen-bond acceptors (Lipinski definition) is 5. The minimum Gasteiger partial charge on any atom is -0.545 e. The second-order valence-electron chi connectivity index (χ2n) is 5.54. The molecular formula is C19H12N3O2-. The van der Waals surface area contributed by atoms with Crippen molar-refractivity contribution in [3.05, 3.63) is 66.6 Å². The van der Waals surface area contributed by atoms with Crippen LogP contribution in [0, 0.1) is 0 Å². The molecule has 0 radical (unpaired) electrons. The molecule has 0 spiro atoms. The number of aromatic nitrogens is 2. The molecule has 116 valence electrons. The smallest absolute Gasteiger partial charge is 0.123 e. The number of pyridine rings is 2. The summed E-state index contributed by atoms with van der Waals surface area (Å²) in [6.45, 7) is 0. The molecule has 24 heavy (non-hydrogen) atoms. The topological polar surface area (TPSA) is 91.9 Å². The number of rotatable bonds is 2. The summed E-state index contributed by atoms with van der Waals surface area (Å²) >= 11 is 0. The molecule has 0 aliphatic heterocycles. The lowest BCUT2D eigenvalue weighted by Gasteiger charge is -2.12. The van der Waals surface area contributed by atoms with E-state index in [-0.39, 0.29) is 5.56 Å². The lowest BCUT2D eigenvalue weighted by Crippen LogP contribution is -2.21. The molecule has 5 nitrogen and oxygen atoms in total. The minimum absolute atomic E-state index is 0.145. The van der Waals surface area contributed by atoms with E-state index in [1.165, 1.54) is 0 Å². The predicted octanol–water partition coefficient (Wildman–Crippen LogP) is 2.40. The van der Waals surface area contributed by atoms with Gasteiger partial charge in [0.05, 0.1) is 5.97 Å². The maximum atomic E-state index is 11.2. The average Bonchev–Trinajstić information content (AvgIpc) is 2.61. The fourth-order valence-corrected chi connectivity index (χ4v) is 2.94. The molecule has 2 heterocycles. The maximum absolute atomic E-state index is 11.2. The third-order valence-electron chi connectivity index (χ3n) is 4.09. The van der Waals surface area contributed by atoms with Gasteiger partial charge in [-0.05, 0) is 57.6 Å². The summed E-state index contributed by atoms with van der Waals surface area (Å²) in [7, 11) is 0. The maximum Gasteiger partial charge on any atom is 0.123 e. The lowest BCUT2D eigenvalue weighted by atomic mass is 9.94. The molecule has 0 aliphatic rings. The number of fused-ring (bicyclic) bond motifs is 3. The van der Waals surface area contributed by atoms with Crippen molar-refractivity contribution in [1.29, 1.82) is 0 Å². The van der Waals surface area contributed by atoms with Crippen LogP contribution in [0.2, 0.25) is 0 Å². The summed E-state index contributed by atoms with van der Waals surface area (Å²) in [5.74, 6) is -0.747. The van der Waals surface area contributed by atoms with Crippen molar-refractivity contribution in [3.8, 4) is 11.1 Å². The minimum atomic E-state index is -1.20. The Bertz CT molecular complexity index is 1090. The molecule has 0 bridgehead atoms. The molecule has 0 saturated heterocycles. The van der Waals surface area contributed by atoms with Crippen molar-refractivity contribution in [2.75, 3.05) is 5.73 Å². The molecule has 2 aromatic carbocycles. The summed E-state index contributed by atoms with van der Waals surface area (Å²) in [5, 5.41) is 14.9. The van der Waals surface area contributed by atoms with Gasteiger partial charge in [0, 0.05) is 29.5 Å². The van der Waals surface area contributed by atoms with Gasteiger partial charge in [-0.1, -0.05) is 12.1 Å². The zero-order valence-electron chi connectivity index (χ0n) is 12.6. The molecule has 2 N–H and O–H groups in total. The quantitative estimate of drug-likeness (QED) is 0.574. The fourth-order valence-electron chi connectivity index (χ4n) is 2.94. The first-order valence-corrected chi connectivity index (χ1v) is 7.37. The molecule has 0 atom stereocenters. The van der Waals surface area contributed by atoms with Gasteiger partial charge in [0.1, 0.15) is 5.82 Å². The summed E-state index contributed by atoms with van der Waals surface area (Å²) in [5.41, 5.74) is 7.66. The molecule has 0 saturated carbocycles. The largest absolute Gasteiger partial charge is 0.545 e. The number of hydrogen-bond donors (Lipinski definition) is 1. The normalized spacial score (nSPS) is 11.0. The Morgan fingerprint density at radius 2 is 1.83 bits per heavy atom. The van der Waals surface area contributed by atoms with Crippen LogP contribution >= 0.6 is 0 Å². The Morgan fingerprint density at radius 3 is 2.58 bits per heavy atom. The van der Waals surface area contributed by atoms with Crippen LogP contribution in [0.15, 0.2) is 61.1 Å². The summed E-state index contributed by atoms with van der Waals surface area (Å²) in [4.78, 5) is 19.5. The Hall–Kier alpha value is -3.47. The number of carbonyl (C=O) groups is 1. The van der Waals surface area contributed by atoms with Gasteiger partial charge in [-0.15, -0.1) is 0 Å². The standard InChI is InChI=1S/C19H13N3O2/c20-18-4-2-12(9-22-18)16-8-13-7-11(19(23)24)1-3-14(13)17-10-21-6-5-15(16)17/h1-10H,(H2,20,22)(H,23,24)/p-1. The number of carbonyl (C=O) groups excluding carboxylic acids is 1. The molecule has 0 amide bonds. The highest BCUT2D eigenvalue weighted by atomic mass is 16.4. The molecule has 4 aromatic rings. The molecular weight excluding hydrogens is 302 g/mol. The highest BCUT2D eigenvalue weighted by molar-refractivity contribution is 6.14. The first-order chi connectivity index (χ1) is 11.6. The van der Waals surface area contributed by atoms with E-state index in [2.05, 4.69) is 9.97 Å². The first kappa shape index (κ1) is 14.1. The van der Waals surface area contributed by atoms with E-state index in [1.807, 2.05) is 18.2 Å². The van der Waals surface area contributed by atoms with Crippen molar-refractivity contribution in [3.63, 3.8) is 0 Å². The van der Waals surface area contributed by atoms with Crippen molar-refractivity contribution in [2.24, 2.45) is 0 Å². The van der Waals surface area contributed by atoms with Gasteiger partial charge in [-0.3, -0.25) is 4.98 Å². The number of carboxylic acids is 1. The number of benzene rings is 2. The van der Waals surface area contributed by atoms with Crippen molar-refractivity contribution in [1.82, 2.24) is 9.97 Å². The van der Waals surface area contributed by atoms with Gasteiger partial charge in [0.2, 0.25) is 0 Å². The first-order valence-electron chi connectivity index (χ1n) is 7.37. The van der Waals surface area contributed by atoms with Gasteiger partial charge in [0.25, 0.3) is 0 Å². The van der Waals surface area contributed by atoms with E-state index in [0.29, 0.717) is 5.82 Å². The predicted molar refractivity (Wildman–Crippen MR) is 91.2 cm³/mol. The van der Waals surface area contributed by atoms with E-state index in [0.717, 1.165) is 32.7 Å². The Balaban J connectivity index is 2.10.